The maximum absolute atomic E-state index is 12.9. The molecule has 23 heavy (non-hydrogen) atoms. The molecule has 5 nitrogen and oxygen atoms in total. The number of likely N-dealkylation sites (N-methyl/N-ethyl adjacent to an activating group) is 1. The molecule has 1 aliphatic rings. The highest BCUT2D eigenvalue weighted by Gasteiger charge is 2.35. The third kappa shape index (κ3) is 4.12. The molecule has 1 aliphatic heterocycles. The van der Waals surface area contributed by atoms with E-state index >= 15 is 0 Å². The number of thiophene rings is 1. The lowest BCUT2D eigenvalue weighted by Crippen LogP contribution is -2.49. The molecule has 2 N–H and O–H groups in total. The van der Waals surface area contributed by atoms with Crippen LogP contribution in [0.4, 0.5) is 0 Å². The van der Waals surface area contributed by atoms with Gasteiger partial charge in [0.25, 0.3) is 0 Å². The summed E-state index contributed by atoms with van der Waals surface area (Å²) in [5.74, 6) is 0.127. The summed E-state index contributed by atoms with van der Waals surface area (Å²) in [5, 5.41) is 21.0. The van der Waals surface area contributed by atoms with Crippen LogP contribution in [0.2, 0.25) is 0 Å². The molecule has 1 aromatic heterocycles. The lowest BCUT2D eigenvalue weighted by molar-refractivity contribution is -0.137. The second-order valence-electron chi connectivity index (χ2n) is 6.92. The van der Waals surface area contributed by atoms with E-state index in [1.54, 1.807) is 11.3 Å². The van der Waals surface area contributed by atoms with Crippen molar-refractivity contribution in [2.75, 3.05) is 33.4 Å². The minimum absolute atomic E-state index is 0.101. The summed E-state index contributed by atoms with van der Waals surface area (Å²) in [7, 11) is 1.88. The van der Waals surface area contributed by atoms with Crippen LogP contribution in [-0.2, 0) is 4.79 Å². The Morgan fingerprint density at radius 2 is 2.22 bits per heavy atom. The zero-order valence-electron chi connectivity index (χ0n) is 14.2. The van der Waals surface area contributed by atoms with E-state index in [0.717, 1.165) is 19.4 Å². The minimum atomic E-state index is -0.596. The average molecular weight is 340 g/mol. The molecule has 0 aromatic carbocycles. The molecule has 0 radical (unpaired) electrons. The van der Waals surface area contributed by atoms with E-state index in [-0.39, 0.29) is 31.2 Å². The Morgan fingerprint density at radius 3 is 2.78 bits per heavy atom. The van der Waals surface area contributed by atoms with Gasteiger partial charge in [0.2, 0.25) is 5.91 Å². The lowest BCUT2D eigenvalue weighted by atomic mass is 9.92. The molecule has 1 fully saturated rings. The molecule has 0 bridgehead atoms. The number of amides is 1. The van der Waals surface area contributed by atoms with Crippen molar-refractivity contribution < 1.29 is 15.0 Å². The lowest BCUT2D eigenvalue weighted by Gasteiger charge is -2.36. The van der Waals surface area contributed by atoms with Crippen LogP contribution in [0.25, 0.3) is 0 Å². The second-order valence-corrected chi connectivity index (χ2v) is 7.90. The standard InChI is InChI=1S/C17H28N2O3S/c1-13(18(3)10-17(2,11-20)12-21)16(22)19-8-4-6-14(19)15-7-5-9-23-15/h5,7,9,13-14,20-21H,4,6,8,10-12H2,1-3H3. The number of aliphatic hydroxyl groups is 2. The fourth-order valence-corrected chi connectivity index (χ4v) is 4.00. The molecule has 6 heteroatoms. The van der Waals surface area contributed by atoms with Gasteiger partial charge in [0.1, 0.15) is 0 Å². The van der Waals surface area contributed by atoms with Gasteiger partial charge in [-0.15, -0.1) is 11.3 Å². The number of carbonyl (C=O) groups excluding carboxylic acids is 1. The monoisotopic (exact) mass is 340 g/mol. The first-order chi connectivity index (χ1) is 10.9. The number of hydrogen-bond acceptors (Lipinski definition) is 5. The first-order valence-electron chi connectivity index (χ1n) is 8.18. The number of carbonyl (C=O) groups is 1. The average Bonchev–Trinajstić information content (AvgIpc) is 3.23. The Kier molecular flexibility index (Phi) is 6.19. The summed E-state index contributed by atoms with van der Waals surface area (Å²) in [6.45, 7) is 4.81. The van der Waals surface area contributed by atoms with Gasteiger partial charge in [-0.25, -0.2) is 0 Å². The van der Waals surface area contributed by atoms with E-state index in [2.05, 4.69) is 11.4 Å². The van der Waals surface area contributed by atoms with Crippen molar-refractivity contribution in [2.45, 2.75) is 38.8 Å². The zero-order valence-corrected chi connectivity index (χ0v) is 15.1. The van der Waals surface area contributed by atoms with Gasteiger partial charge in [-0.3, -0.25) is 9.69 Å². The highest BCUT2D eigenvalue weighted by atomic mass is 32.1. The topological polar surface area (TPSA) is 64.0 Å². The maximum atomic E-state index is 12.9. The van der Waals surface area contributed by atoms with E-state index in [0.29, 0.717) is 6.54 Å². The number of rotatable bonds is 7. The Morgan fingerprint density at radius 1 is 1.52 bits per heavy atom. The first kappa shape index (κ1) is 18.4. The summed E-state index contributed by atoms with van der Waals surface area (Å²) in [4.78, 5) is 18.1. The number of hydrogen-bond donors (Lipinski definition) is 2. The smallest absolute Gasteiger partial charge is 0.240 e. The SMILES string of the molecule is CC(C(=O)N1CCCC1c1cccs1)N(C)CC(C)(CO)CO. The normalized spacial score (nSPS) is 20.3. The molecule has 2 rings (SSSR count). The Hall–Kier alpha value is -0.950. The summed E-state index contributed by atoms with van der Waals surface area (Å²) in [6.07, 6.45) is 2.06. The van der Waals surface area contributed by atoms with Crippen LogP contribution >= 0.6 is 11.3 Å². The summed E-state index contributed by atoms with van der Waals surface area (Å²) < 4.78 is 0. The van der Waals surface area contributed by atoms with Crippen LogP contribution in [-0.4, -0.2) is 65.3 Å². The van der Waals surface area contributed by atoms with E-state index in [1.807, 2.05) is 36.8 Å². The van der Waals surface area contributed by atoms with Gasteiger partial charge in [-0.1, -0.05) is 13.0 Å². The summed E-state index contributed by atoms with van der Waals surface area (Å²) in [5.41, 5.74) is -0.596. The molecule has 0 spiro atoms. The zero-order chi connectivity index (χ0) is 17.0. The Labute approximate surface area is 142 Å². The molecule has 1 aromatic rings. The third-order valence-electron chi connectivity index (χ3n) is 4.82. The quantitative estimate of drug-likeness (QED) is 0.793. The first-order valence-corrected chi connectivity index (χ1v) is 9.05. The van der Waals surface area contributed by atoms with Crippen molar-refractivity contribution in [3.63, 3.8) is 0 Å². The van der Waals surface area contributed by atoms with Crippen molar-refractivity contribution in [1.29, 1.82) is 0 Å². The summed E-state index contributed by atoms with van der Waals surface area (Å²) >= 11 is 1.71. The molecule has 0 aliphatic carbocycles. The molecular weight excluding hydrogens is 312 g/mol. The largest absolute Gasteiger partial charge is 0.396 e. The minimum Gasteiger partial charge on any atom is -0.396 e. The van der Waals surface area contributed by atoms with Crippen LogP contribution in [0.3, 0.4) is 0 Å². The molecular formula is C17H28N2O3S. The van der Waals surface area contributed by atoms with Gasteiger partial charge in [0.15, 0.2) is 0 Å². The number of likely N-dealkylation sites (tertiary alicyclic amines) is 1. The van der Waals surface area contributed by atoms with Crippen molar-refractivity contribution in [3.8, 4) is 0 Å². The highest BCUT2D eigenvalue weighted by Crippen LogP contribution is 2.35. The maximum Gasteiger partial charge on any atom is 0.240 e. The van der Waals surface area contributed by atoms with E-state index in [4.69, 9.17) is 0 Å². The molecule has 2 unspecified atom stereocenters. The van der Waals surface area contributed by atoms with E-state index in [1.165, 1.54) is 4.88 Å². The van der Waals surface area contributed by atoms with Crippen molar-refractivity contribution in [3.05, 3.63) is 22.4 Å². The van der Waals surface area contributed by atoms with Gasteiger partial charge in [0, 0.05) is 23.4 Å². The fraction of sp³-hybridized carbons (Fsp3) is 0.706. The van der Waals surface area contributed by atoms with E-state index < -0.39 is 5.41 Å². The van der Waals surface area contributed by atoms with Crippen LogP contribution < -0.4 is 0 Å². The predicted molar refractivity (Wildman–Crippen MR) is 92.4 cm³/mol. The Balaban J connectivity index is 2.04. The third-order valence-corrected chi connectivity index (χ3v) is 5.79. The van der Waals surface area contributed by atoms with Gasteiger partial charge in [-0.2, -0.15) is 0 Å². The summed E-state index contributed by atoms with van der Waals surface area (Å²) in [6, 6.07) is 4.06. The van der Waals surface area contributed by atoms with Gasteiger partial charge in [0.05, 0.1) is 25.3 Å². The van der Waals surface area contributed by atoms with Crippen molar-refractivity contribution in [1.82, 2.24) is 9.80 Å². The van der Waals surface area contributed by atoms with Crippen LogP contribution in [0.1, 0.15) is 37.6 Å². The molecule has 2 heterocycles. The van der Waals surface area contributed by atoms with E-state index in [9.17, 15) is 15.0 Å². The highest BCUT2D eigenvalue weighted by molar-refractivity contribution is 7.10. The van der Waals surface area contributed by atoms with Gasteiger partial charge >= 0.3 is 0 Å². The van der Waals surface area contributed by atoms with Gasteiger partial charge < -0.3 is 15.1 Å². The number of aliphatic hydroxyl groups excluding tert-OH is 2. The molecule has 1 amide bonds. The molecule has 1 saturated heterocycles. The second kappa shape index (κ2) is 7.75. The Bertz CT molecular complexity index is 502. The molecule has 130 valence electrons. The van der Waals surface area contributed by atoms with Crippen LogP contribution in [0.5, 0.6) is 0 Å². The van der Waals surface area contributed by atoms with Crippen LogP contribution in [0, 0.1) is 5.41 Å². The predicted octanol–water partition coefficient (Wildman–Crippen LogP) is 1.72. The van der Waals surface area contributed by atoms with Crippen molar-refractivity contribution >= 4 is 17.2 Å². The fourth-order valence-electron chi connectivity index (χ4n) is 3.12. The van der Waals surface area contributed by atoms with Crippen LogP contribution in [0.15, 0.2) is 17.5 Å². The van der Waals surface area contributed by atoms with Crippen molar-refractivity contribution in [2.24, 2.45) is 5.41 Å². The molecule has 0 saturated carbocycles. The number of nitrogens with zero attached hydrogens (tertiary/aromatic N) is 2. The molecule has 2 atom stereocenters. The van der Waals surface area contributed by atoms with Gasteiger partial charge in [-0.05, 0) is 38.3 Å².